The molecular formula is C21H22N2O2. The van der Waals surface area contributed by atoms with Gasteiger partial charge in [0.15, 0.2) is 0 Å². The van der Waals surface area contributed by atoms with Gasteiger partial charge in [0.1, 0.15) is 5.75 Å². The van der Waals surface area contributed by atoms with Crippen molar-refractivity contribution in [1.29, 1.82) is 0 Å². The summed E-state index contributed by atoms with van der Waals surface area (Å²) in [7, 11) is 1.64. The molecule has 2 N–H and O–H groups in total. The molecule has 4 nitrogen and oxygen atoms in total. The molecule has 0 fully saturated rings. The van der Waals surface area contributed by atoms with Crippen LogP contribution in [0.2, 0.25) is 0 Å². The third-order valence-electron chi connectivity index (χ3n) is 4.97. The number of nitrogens with one attached hydrogen (secondary N) is 2. The fourth-order valence-corrected chi connectivity index (χ4v) is 3.73. The molecular weight excluding hydrogens is 312 g/mol. The molecule has 1 aliphatic rings. The van der Waals surface area contributed by atoms with Gasteiger partial charge in [-0.05, 0) is 48.6 Å². The Hall–Kier alpha value is -2.75. The number of hydrogen-bond donors (Lipinski definition) is 2. The molecule has 0 unspecified atom stereocenters. The van der Waals surface area contributed by atoms with Crippen molar-refractivity contribution in [3.05, 3.63) is 65.4 Å². The molecule has 0 saturated carbocycles. The van der Waals surface area contributed by atoms with Crippen LogP contribution in [0.5, 0.6) is 5.75 Å². The third-order valence-corrected chi connectivity index (χ3v) is 4.97. The number of carbonyl (C=O) groups is 1. The van der Waals surface area contributed by atoms with Crippen LogP contribution in [0.4, 0.5) is 0 Å². The number of carbonyl (C=O) groups excluding carboxylic acids is 1. The van der Waals surface area contributed by atoms with Gasteiger partial charge in [0, 0.05) is 16.6 Å². The van der Waals surface area contributed by atoms with Crippen molar-refractivity contribution in [1.82, 2.24) is 10.3 Å². The molecule has 0 saturated heterocycles. The van der Waals surface area contributed by atoms with Crippen LogP contribution in [-0.4, -0.2) is 18.0 Å². The van der Waals surface area contributed by atoms with E-state index in [0.29, 0.717) is 6.42 Å². The summed E-state index contributed by atoms with van der Waals surface area (Å²) in [5.74, 6) is 0.862. The first kappa shape index (κ1) is 15.8. The van der Waals surface area contributed by atoms with Gasteiger partial charge in [-0.3, -0.25) is 4.79 Å². The van der Waals surface area contributed by atoms with E-state index in [-0.39, 0.29) is 11.9 Å². The van der Waals surface area contributed by atoms with Crippen molar-refractivity contribution in [2.24, 2.45) is 0 Å². The van der Waals surface area contributed by atoms with E-state index >= 15 is 0 Å². The summed E-state index contributed by atoms with van der Waals surface area (Å²) in [4.78, 5) is 16.0. The lowest BCUT2D eigenvalue weighted by Gasteiger charge is -2.24. The van der Waals surface area contributed by atoms with Crippen LogP contribution in [0, 0.1) is 0 Å². The zero-order valence-corrected chi connectivity index (χ0v) is 14.3. The van der Waals surface area contributed by atoms with Gasteiger partial charge in [0.05, 0.1) is 19.6 Å². The first-order valence-electron chi connectivity index (χ1n) is 8.76. The van der Waals surface area contributed by atoms with Gasteiger partial charge in [-0.15, -0.1) is 0 Å². The highest BCUT2D eigenvalue weighted by Gasteiger charge is 2.25. The number of ether oxygens (including phenoxy) is 1. The second kappa shape index (κ2) is 6.63. The lowest BCUT2D eigenvalue weighted by molar-refractivity contribution is -0.121. The molecule has 0 spiro atoms. The number of hydrogen-bond acceptors (Lipinski definition) is 2. The summed E-state index contributed by atoms with van der Waals surface area (Å²) >= 11 is 0. The number of amides is 1. The molecule has 128 valence electrons. The Morgan fingerprint density at radius 2 is 2.00 bits per heavy atom. The molecule has 1 amide bonds. The topological polar surface area (TPSA) is 54.1 Å². The van der Waals surface area contributed by atoms with E-state index in [9.17, 15) is 4.79 Å². The monoisotopic (exact) mass is 334 g/mol. The number of methoxy groups -OCH3 is 1. The lowest BCUT2D eigenvalue weighted by atomic mass is 9.91. The van der Waals surface area contributed by atoms with E-state index in [1.807, 2.05) is 30.3 Å². The number of fused-ring (bicyclic) bond motifs is 3. The minimum Gasteiger partial charge on any atom is -0.497 e. The van der Waals surface area contributed by atoms with Gasteiger partial charge >= 0.3 is 0 Å². The maximum atomic E-state index is 12.5. The molecule has 1 aliphatic carbocycles. The number of aryl methyl sites for hydroxylation is 1. The largest absolute Gasteiger partial charge is 0.497 e. The molecule has 1 heterocycles. The Balaban J connectivity index is 1.50. The zero-order valence-electron chi connectivity index (χ0n) is 14.3. The molecule has 25 heavy (non-hydrogen) atoms. The minimum atomic E-state index is 0.0571. The van der Waals surface area contributed by atoms with E-state index in [2.05, 4.69) is 28.5 Å². The Labute approximate surface area is 147 Å². The maximum absolute atomic E-state index is 12.5. The average Bonchev–Trinajstić information content (AvgIpc) is 3.02. The Bertz CT molecular complexity index is 896. The maximum Gasteiger partial charge on any atom is 0.224 e. The smallest absolute Gasteiger partial charge is 0.224 e. The van der Waals surface area contributed by atoms with Crippen LogP contribution in [0.3, 0.4) is 0 Å². The SMILES string of the molecule is COc1ccc(CC(=O)N[C@H]2CCCc3c2[nH]c2ccccc32)cc1. The Kier molecular flexibility index (Phi) is 4.18. The molecule has 2 aromatic carbocycles. The molecule has 1 aromatic heterocycles. The van der Waals surface area contributed by atoms with Crippen molar-refractivity contribution >= 4 is 16.8 Å². The third kappa shape index (κ3) is 3.12. The predicted molar refractivity (Wildman–Crippen MR) is 98.8 cm³/mol. The summed E-state index contributed by atoms with van der Waals surface area (Å²) in [6.45, 7) is 0. The summed E-state index contributed by atoms with van der Waals surface area (Å²) in [5, 5.41) is 4.50. The van der Waals surface area contributed by atoms with E-state index in [0.717, 1.165) is 36.1 Å². The fourth-order valence-electron chi connectivity index (χ4n) is 3.73. The van der Waals surface area contributed by atoms with Crippen LogP contribution < -0.4 is 10.1 Å². The highest BCUT2D eigenvalue weighted by atomic mass is 16.5. The average molecular weight is 334 g/mol. The molecule has 4 rings (SSSR count). The fraction of sp³-hybridized carbons (Fsp3) is 0.286. The summed E-state index contributed by atoms with van der Waals surface area (Å²) in [5.41, 5.74) is 4.68. The number of aromatic amines is 1. The zero-order chi connectivity index (χ0) is 17.2. The Morgan fingerprint density at radius 1 is 1.20 bits per heavy atom. The molecule has 0 radical (unpaired) electrons. The summed E-state index contributed by atoms with van der Waals surface area (Å²) < 4.78 is 5.16. The molecule has 0 bridgehead atoms. The second-order valence-corrected chi connectivity index (χ2v) is 6.60. The van der Waals surface area contributed by atoms with Crippen LogP contribution in [0.15, 0.2) is 48.5 Å². The van der Waals surface area contributed by atoms with Crippen molar-refractivity contribution in [2.45, 2.75) is 31.7 Å². The van der Waals surface area contributed by atoms with E-state index in [1.165, 1.54) is 16.6 Å². The molecule has 3 aromatic rings. The molecule has 1 atom stereocenters. The highest BCUT2D eigenvalue weighted by molar-refractivity contribution is 5.85. The molecule has 0 aliphatic heterocycles. The van der Waals surface area contributed by atoms with Crippen molar-refractivity contribution in [2.75, 3.05) is 7.11 Å². The lowest BCUT2D eigenvalue weighted by Crippen LogP contribution is -2.32. The van der Waals surface area contributed by atoms with Gasteiger partial charge in [0.25, 0.3) is 0 Å². The van der Waals surface area contributed by atoms with Gasteiger partial charge in [0.2, 0.25) is 5.91 Å². The van der Waals surface area contributed by atoms with E-state index in [1.54, 1.807) is 7.11 Å². The predicted octanol–water partition coefficient (Wildman–Crippen LogP) is 3.91. The van der Waals surface area contributed by atoms with Gasteiger partial charge in [-0.1, -0.05) is 30.3 Å². The van der Waals surface area contributed by atoms with Crippen LogP contribution in [0.25, 0.3) is 10.9 Å². The quantitative estimate of drug-likeness (QED) is 0.760. The Morgan fingerprint density at radius 3 is 2.80 bits per heavy atom. The van der Waals surface area contributed by atoms with Gasteiger partial charge < -0.3 is 15.0 Å². The standard InChI is InChI=1S/C21H22N2O2/c1-25-15-11-9-14(10-12-15)13-20(24)22-19-8-4-6-17-16-5-2-3-7-18(16)23-21(17)19/h2-3,5,7,9-12,19,23H,4,6,8,13H2,1H3,(H,22,24)/t19-/m0/s1. The van der Waals surface area contributed by atoms with Crippen molar-refractivity contribution in [3.8, 4) is 5.75 Å². The highest BCUT2D eigenvalue weighted by Crippen LogP contribution is 2.34. The second-order valence-electron chi connectivity index (χ2n) is 6.60. The number of H-pyrrole nitrogens is 1. The molecule has 4 heteroatoms. The normalized spacial score (nSPS) is 16.4. The summed E-state index contributed by atoms with van der Waals surface area (Å²) in [6.07, 6.45) is 3.54. The number of aromatic nitrogens is 1. The number of rotatable bonds is 4. The summed E-state index contributed by atoms with van der Waals surface area (Å²) in [6, 6.07) is 16.1. The van der Waals surface area contributed by atoms with Crippen LogP contribution in [-0.2, 0) is 17.6 Å². The van der Waals surface area contributed by atoms with Crippen molar-refractivity contribution < 1.29 is 9.53 Å². The van der Waals surface area contributed by atoms with Crippen molar-refractivity contribution in [3.63, 3.8) is 0 Å². The van der Waals surface area contributed by atoms with Crippen LogP contribution in [0.1, 0.15) is 35.7 Å². The van der Waals surface area contributed by atoms with Crippen LogP contribution >= 0.6 is 0 Å². The van der Waals surface area contributed by atoms with E-state index in [4.69, 9.17) is 4.74 Å². The number of benzene rings is 2. The number of para-hydroxylation sites is 1. The van der Waals surface area contributed by atoms with E-state index < -0.39 is 0 Å². The first-order valence-corrected chi connectivity index (χ1v) is 8.76. The van der Waals surface area contributed by atoms with Gasteiger partial charge in [-0.25, -0.2) is 0 Å². The first-order chi connectivity index (χ1) is 12.2. The minimum absolute atomic E-state index is 0.0571. The van der Waals surface area contributed by atoms with Gasteiger partial charge in [-0.2, -0.15) is 0 Å².